The number of nitrogens with one attached hydrogen (secondary N) is 1. The number of rotatable bonds is 6. The van der Waals surface area contributed by atoms with Crippen molar-refractivity contribution in [2.45, 2.75) is 13.8 Å². The highest BCUT2D eigenvalue weighted by Crippen LogP contribution is 2.23. The second kappa shape index (κ2) is 7.98. The third kappa shape index (κ3) is 4.57. The molecule has 0 aliphatic heterocycles. The van der Waals surface area contributed by atoms with Crippen LogP contribution in [-0.2, 0) is 9.53 Å². The number of benzene rings is 2. The van der Waals surface area contributed by atoms with E-state index in [4.69, 9.17) is 9.47 Å². The number of aryl methyl sites for hydroxylation is 1. The van der Waals surface area contributed by atoms with Gasteiger partial charge in [-0.3, -0.25) is 4.79 Å². The molecule has 0 aliphatic carbocycles. The van der Waals surface area contributed by atoms with Gasteiger partial charge in [-0.1, -0.05) is 30.3 Å². The summed E-state index contributed by atoms with van der Waals surface area (Å²) in [5.74, 6) is -0.357. The standard InChI is InChI=1S/C18H19NO4/c1-3-22-16-11-7-6-10-15(16)19-17(20)12-23-18(21)14-9-5-4-8-13(14)2/h4-11H,3,12H2,1-2H3,(H,19,20). The average molecular weight is 313 g/mol. The molecule has 0 radical (unpaired) electrons. The van der Waals surface area contributed by atoms with Crippen molar-refractivity contribution in [1.29, 1.82) is 0 Å². The van der Waals surface area contributed by atoms with E-state index in [0.717, 1.165) is 5.56 Å². The van der Waals surface area contributed by atoms with Crippen LogP contribution in [0.1, 0.15) is 22.8 Å². The predicted octanol–water partition coefficient (Wildman–Crippen LogP) is 3.19. The Balaban J connectivity index is 1.93. The molecule has 2 aromatic rings. The molecule has 2 rings (SSSR count). The summed E-state index contributed by atoms with van der Waals surface area (Å²) >= 11 is 0. The fourth-order valence-corrected chi connectivity index (χ4v) is 2.05. The summed E-state index contributed by atoms with van der Waals surface area (Å²) in [6.45, 7) is 3.82. The monoisotopic (exact) mass is 313 g/mol. The van der Waals surface area contributed by atoms with Crippen LogP contribution in [0.4, 0.5) is 5.69 Å². The van der Waals surface area contributed by atoms with Crippen molar-refractivity contribution in [2.24, 2.45) is 0 Å². The molecule has 0 fully saturated rings. The second-order valence-electron chi connectivity index (χ2n) is 4.87. The molecule has 0 aliphatic rings. The number of hydrogen-bond acceptors (Lipinski definition) is 4. The van der Waals surface area contributed by atoms with Crippen LogP contribution in [0.15, 0.2) is 48.5 Å². The molecule has 0 unspecified atom stereocenters. The number of carbonyl (C=O) groups is 2. The first-order chi connectivity index (χ1) is 11.1. The maximum absolute atomic E-state index is 12.0. The van der Waals surface area contributed by atoms with Crippen LogP contribution in [0.2, 0.25) is 0 Å². The SMILES string of the molecule is CCOc1ccccc1NC(=O)COC(=O)c1ccccc1C. The van der Waals surface area contributed by atoms with Crippen LogP contribution in [0, 0.1) is 6.92 Å². The lowest BCUT2D eigenvalue weighted by Gasteiger charge is -2.11. The van der Waals surface area contributed by atoms with Gasteiger partial charge in [0.2, 0.25) is 0 Å². The van der Waals surface area contributed by atoms with Gasteiger partial charge in [0.25, 0.3) is 5.91 Å². The van der Waals surface area contributed by atoms with Crippen LogP contribution in [0.5, 0.6) is 5.75 Å². The van der Waals surface area contributed by atoms with Crippen LogP contribution in [0.3, 0.4) is 0 Å². The number of hydrogen-bond donors (Lipinski definition) is 1. The molecule has 1 N–H and O–H groups in total. The van der Waals surface area contributed by atoms with Crippen LogP contribution in [0.25, 0.3) is 0 Å². The zero-order valence-corrected chi connectivity index (χ0v) is 13.2. The molecule has 23 heavy (non-hydrogen) atoms. The lowest BCUT2D eigenvalue weighted by molar-refractivity contribution is -0.119. The number of para-hydroxylation sites is 2. The van der Waals surface area contributed by atoms with E-state index in [9.17, 15) is 9.59 Å². The summed E-state index contributed by atoms with van der Waals surface area (Å²) in [7, 11) is 0. The largest absolute Gasteiger partial charge is 0.492 e. The fourth-order valence-electron chi connectivity index (χ4n) is 2.05. The lowest BCUT2D eigenvalue weighted by Crippen LogP contribution is -2.21. The van der Waals surface area contributed by atoms with Crippen molar-refractivity contribution >= 4 is 17.6 Å². The smallest absolute Gasteiger partial charge is 0.338 e. The molecular formula is C18H19NO4. The Morgan fingerprint density at radius 1 is 1.04 bits per heavy atom. The highest BCUT2D eigenvalue weighted by Gasteiger charge is 2.13. The van der Waals surface area contributed by atoms with Gasteiger partial charge in [-0.05, 0) is 37.6 Å². The summed E-state index contributed by atoms with van der Waals surface area (Å²) in [4.78, 5) is 23.9. The molecule has 0 spiro atoms. The van der Waals surface area contributed by atoms with Crippen molar-refractivity contribution in [3.63, 3.8) is 0 Å². The third-order valence-corrected chi connectivity index (χ3v) is 3.16. The highest BCUT2D eigenvalue weighted by molar-refractivity contribution is 5.96. The minimum absolute atomic E-state index is 0.354. The zero-order valence-electron chi connectivity index (χ0n) is 13.2. The van der Waals surface area contributed by atoms with Gasteiger partial charge in [0.05, 0.1) is 17.9 Å². The van der Waals surface area contributed by atoms with E-state index in [1.165, 1.54) is 0 Å². The molecule has 0 aromatic heterocycles. The number of amides is 1. The maximum Gasteiger partial charge on any atom is 0.338 e. The molecule has 0 saturated heterocycles. The minimum Gasteiger partial charge on any atom is -0.492 e. The molecule has 1 amide bonds. The van der Waals surface area contributed by atoms with E-state index in [0.29, 0.717) is 23.6 Å². The van der Waals surface area contributed by atoms with Crippen LogP contribution in [-0.4, -0.2) is 25.1 Å². The third-order valence-electron chi connectivity index (χ3n) is 3.16. The molecule has 2 aromatic carbocycles. The number of ether oxygens (including phenoxy) is 2. The molecule has 0 saturated carbocycles. The molecule has 0 atom stereocenters. The van der Waals surface area contributed by atoms with Crippen molar-refractivity contribution in [3.8, 4) is 5.75 Å². The molecule has 5 nitrogen and oxygen atoms in total. The Hall–Kier alpha value is -2.82. The van der Waals surface area contributed by atoms with E-state index in [-0.39, 0.29) is 6.61 Å². The first-order valence-corrected chi connectivity index (χ1v) is 7.36. The van der Waals surface area contributed by atoms with Gasteiger partial charge in [0.1, 0.15) is 5.75 Å². The zero-order chi connectivity index (χ0) is 16.7. The van der Waals surface area contributed by atoms with E-state index < -0.39 is 11.9 Å². The van der Waals surface area contributed by atoms with Gasteiger partial charge >= 0.3 is 5.97 Å². The average Bonchev–Trinajstić information content (AvgIpc) is 2.55. The summed E-state index contributed by atoms with van der Waals surface area (Å²) in [6, 6.07) is 14.2. The Bertz CT molecular complexity index is 697. The molecule has 120 valence electrons. The molecule has 0 bridgehead atoms. The lowest BCUT2D eigenvalue weighted by atomic mass is 10.1. The molecule has 0 heterocycles. The highest BCUT2D eigenvalue weighted by atomic mass is 16.5. The Labute approximate surface area is 135 Å². The predicted molar refractivity (Wildman–Crippen MR) is 87.7 cm³/mol. The first-order valence-electron chi connectivity index (χ1n) is 7.36. The quantitative estimate of drug-likeness (QED) is 0.832. The maximum atomic E-state index is 12.0. The molecule has 5 heteroatoms. The van der Waals surface area contributed by atoms with Crippen molar-refractivity contribution in [3.05, 3.63) is 59.7 Å². The number of esters is 1. The van der Waals surface area contributed by atoms with Gasteiger partial charge in [-0.2, -0.15) is 0 Å². The van der Waals surface area contributed by atoms with Crippen molar-refractivity contribution in [2.75, 3.05) is 18.5 Å². The summed E-state index contributed by atoms with van der Waals surface area (Å²) < 4.78 is 10.5. The normalized spacial score (nSPS) is 10.0. The van der Waals surface area contributed by atoms with Gasteiger partial charge in [-0.15, -0.1) is 0 Å². The van der Waals surface area contributed by atoms with E-state index in [1.807, 2.05) is 32.0 Å². The van der Waals surface area contributed by atoms with E-state index >= 15 is 0 Å². The molecular weight excluding hydrogens is 294 g/mol. The van der Waals surface area contributed by atoms with Crippen LogP contribution >= 0.6 is 0 Å². The first kappa shape index (κ1) is 16.5. The number of anilines is 1. The van der Waals surface area contributed by atoms with Crippen molar-refractivity contribution in [1.82, 2.24) is 0 Å². The van der Waals surface area contributed by atoms with Crippen LogP contribution < -0.4 is 10.1 Å². The second-order valence-corrected chi connectivity index (χ2v) is 4.87. The van der Waals surface area contributed by atoms with E-state index in [2.05, 4.69) is 5.32 Å². The van der Waals surface area contributed by atoms with E-state index in [1.54, 1.807) is 30.3 Å². The van der Waals surface area contributed by atoms with Gasteiger partial charge in [-0.25, -0.2) is 4.79 Å². The fraction of sp³-hybridized carbons (Fsp3) is 0.222. The number of carbonyl (C=O) groups excluding carboxylic acids is 2. The van der Waals surface area contributed by atoms with Gasteiger partial charge < -0.3 is 14.8 Å². The van der Waals surface area contributed by atoms with Crippen molar-refractivity contribution < 1.29 is 19.1 Å². The summed E-state index contributed by atoms with van der Waals surface area (Å²) in [5.41, 5.74) is 1.81. The summed E-state index contributed by atoms with van der Waals surface area (Å²) in [6.07, 6.45) is 0. The Kier molecular flexibility index (Phi) is 5.74. The van der Waals surface area contributed by atoms with Gasteiger partial charge in [0, 0.05) is 0 Å². The summed E-state index contributed by atoms with van der Waals surface area (Å²) in [5, 5.41) is 2.68. The minimum atomic E-state index is -0.517. The Morgan fingerprint density at radius 2 is 1.74 bits per heavy atom. The topological polar surface area (TPSA) is 64.6 Å². The van der Waals surface area contributed by atoms with Gasteiger partial charge in [0.15, 0.2) is 6.61 Å². The Morgan fingerprint density at radius 3 is 2.48 bits per heavy atom.